The van der Waals surface area contributed by atoms with E-state index in [1.165, 1.54) is 4.90 Å². The van der Waals surface area contributed by atoms with Gasteiger partial charge in [0.1, 0.15) is 0 Å². The molecule has 0 radical (unpaired) electrons. The lowest BCUT2D eigenvalue weighted by Crippen LogP contribution is -2.25. The third-order valence-corrected chi connectivity index (χ3v) is 1.96. The van der Waals surface area contributed by atoms with Crippen molar-refractivity contribution in [3.63, 3.8) is 0 Å². The number of hydrogen-bond donors (Lipinski definition) is 0. The van der Waals surface area contributed by atoms with Crippen molar-refractivity contribution >= 4 is 6.09 Å². The normalized spacial score (nSPS) is 10.1. The summed E-state index contributed by atoms with van der Waals surface area (Å²) in [4.78, 5) is 12.4. The Bertz CT molecular complexity index is 130. The molecule has 0 atom stereocenters. The molecule has 3 heteroatoms. The molecule has 0 aliphatic carbocycles. The van der Waals surface area contributed by atoms with Gasteiger partial charge in [0.05, 0.1) is 6.61 Å². The first-order valence-corrected chi connectivity index (χ1v) is 4.45. The Kier molecular flexibility index (Phi) is 5.51. The zero-order valence-corrected chi connectivity index (χ0v) is 8.46. The molecule has 0 heterocycles. The van der Waals surface area contributed by atoms with Gasteiger partial charge >= 0.3 is 6.09 Å². The van der Waals surface area contributed by atoms with Crippen LogP contribution in [0.25, 0.3) is 0 Å². The van der Waals surface area contributed by atoms with Crippen molar-refractivity contribution in [3.8, 4) is 0 Å². The molecule has 0 N–H and O–H groups in total. The van der Waals surface area contributed by atoms with Crippen LogP contribution in [0, 0.1) is 5.92 Å². The molecule has 0 aliphatic rings. The molecule has 0 aromatic rings. The van der Waals surface area contributed by atoms with E-state index in [4.69, 9.17) is 4.74 Å². The molecule has 0 aromatic carbocycles. The Morgan fingerprint density at radius 1 is 1.33 bits per heavy atom. The lowest BCUT2D eigenvalue weighted by molar-refractivity contribution is 0.0997. The van der Waals surface area contributed by atoms with E-state index in [0.717, 1.165) is 12.8 Å². The summed E-state index contributed by atoms with van der Waals surface area (Å²) >= 11 is 0. The molecular weight excluding hydrogens is 154 g/mol. The second kappa shape index (κ2) is 5.86. The minimum atomic E-state index is -0.248. The van der Waals surface area contributed by atoms with E-state index < -0.39 is 0 Å². The van der Waals surface area contributed by atoms with Gasteiger partial charge in [0.25, 0.3) is 0 Å². The van der Waals surface area contributed by atoms with Gasteiger partial charge in [0, 0.05) is 14.1 Å². The number of hydrogen-bond acceptors (Lipinski definition) is 2. The third kappa shape index (κ3) is 4.21. The zero-order chi connectivity index (χ0) is 9.56. The van der Waals surface area contributed by atoms with Crippen LogP contribution < -0.4 is 0 Å². The topological polar surface area (TPSA) is 29.5 Å². The van der Waals surface area contributed by atoms with Crippen LogP contribution in [-0.2, 0) is 4.74 Å². The molecule has 0 saturated heterocycles. The number of carbonyl (C=O) groups excluding carboxylic acids is 1. The molecule has 72 valence electrons. The minimum Gasteiger partial charge on any atom is -0.449 e. The highest BCUT2D eigenvalue weighted by Gasteiger charge is 2.08. The van der Waals surface area contributed by atoms with Crippen LogP contribution >= 0.6 is 0 Å². The average molecular weight is 173 g/mol. The van der Waals surface area contributed by atoms with E-state index in [1.54, 1.807) is 14.1 Å². The molecule has 0 aromatic heterocycles. The molecule has 1 amide bonds. The number of nitrogens with zero attached hydrogens (tertiary/aromatic N) is 1. The van der Waals surface area contributed by atoms with E-state index in [0.29, 0.717) is 12.5 Å². The smallest absolute Gasteiger partial charge is 0.409 e. The van der Waals surface area contributed by atoms with Crippen molar-refractivity contribution in [1.29, 1.82) is 0 Å². The van der Waals surface area contributed by atoms with Crippen LogP contribution in [0.3, 0.4) is 0 Å². The zero-order valence-electron chi connectivity index (χ0n) is 8.46. The Labute approximate surface area is 74.7 Å². The van der Waals surface area contributed by atoms with E-state index in [1.807, 2.05) is 0 Å². The van der Waals surface area contributed by atoms with Gasteiger partial charge < -0.3 is 9.64 Å². The summed E-state index contributed by atoms with van der Waals surface area (Å²) in [5.74, 6) is 0.508. The molecule has 0 fully saturated rings. The predicted molar refractivity (Wildman–Crippen MR) is 49.1 cm³/mol. The molecular formula is C9H19NO2. The number of rotatable bonds is 4. The number of ether oxygens (including phenoxy) is 1. The summed E-state index contributed by atoms with van der Waals surface area (Å²) in [6, 6.07) is 0. The van der Waals surface area contributed by atoms with Gasteiger partial charge in [-0.05, 0) is 5.92 Å². The summed E-state index contributed by atoms with van der Waals surface area (Å²) in [6.45, 7) is 4.76. The highest BCUT2D eigenvalue weighted by atomic mass is 16.6. The van der Waals surface area contributed by atoms with Crippen molar-refractivity contribution in [2.75, 3.05) is 20.7 Å². The molecule has 12 heavy (non-hydrogen) atoms. The lowest BCUT2D eigenvalue weighted by Gasteiger charge is -2.15. The maximum absolute atomic E-state index is 11.0. The molecule has 0 rings (SSSR count). The second-order valence-electron chi connectivity index (χ2n) is 3.15. The van der Waals surface area contributed by atoms with Gasteiger partial charge in [-0.1, -0.05) is 26.7 Å². The van der Waals surface area contributed by atoms with Crippen LogP contribution in [0.5, 0.6) is 0 Å². The summed E-state index contributed by atoms with van der Waals surface area (Å²) < 4.78 is 5.03. The van der Waals surface area contributed by atoms with Crippen LogP contribution in [0.15, 0.2) is 0 Å². The summed E-state index contributed by atoms with van der Waals surface area (Å²) in [5.41, 5.74) is 0. The molecule has 0 spiro atoms. The van der Waals surface area contributed by atoms with Crippen molar-refractivity contribution in [2.24, 2.45) is 5.92 Å². The van der Waals surface area contributed by atoms with Crippen LogP contribution in [0.2, 0.25) is 0 Å². The first-order valence-electron chi connectivity index (χ1n) is 4.45. The fourth-order valence-corrected chi connectivity index (χ4v) is 0.843. The van der Waals surface area contributed by atoms with E-state index in [2.05, 4.69) is 13.8 Å². The van der Waals surface area contributed by atoms with Crippen molar-refractivity contribution in [2.45, 2.75) is 26.7 Å². The van der Waals surface area contributed by atoms with Crippen molar-refractivity contribution in [3.05, 3.63) is 0 Å². The summed E-state index contributed by atoms with van der Waals surface area (Å²) in [7, 11) is 3.38. The van der Waals surface area contributed by atoms with Gasteiger partial charge in [-0.2, -0.15) is 0 Å². The second-order valence-corrected chi connectivity index (χ2v) is 3.15. The van der Waals surface area contributed by atoms with Gasteiger partial charge in [0.15, 0.2) is 0 Å². The summed E-state index contributed by atoms with van der Waals surface area (Å²) in [5, 5.41) is 0. The van der Waals surface area contributed by atoms with E-state index >= 15 is 0 Å². The fourth-order valence-electron chi connectivity index (χ4n) is 0.843. The minimum absolute atomic E-state index is 0.248. The molecule has 0 bridgehead atoms. The fraction of sp³-hybridized carbons (Fsp3) is 0.889. The van der Waals surface area contributed by atoms with Gasteiger partial charge in [-0.25, -0.2) is 4.79 Å². The molecule has 0 unspecified atom stereocenters. The first-order chi connectivity index (χ1) is 5.61. The van der Waals surface area contributed by atoms with Gasteiger partial charge in [-0.3, -0.25) is 0 Å². The van der Waals surface area contributed by atoms with Crippen molar-refractivity contribution < 1.29 is 9.53 Å². The average Bonchev–Trinajstić information content (AvgIpc) is 2.05. The van der Waals surface area contributed by atoms with E-state index in [-0.39, 0.29) is 6.09 Å². The molecule has 0 aliphatic heterocycles. The van der Waals surface area contributed by atoms with Crippen molar-refractivity contribution in [1.82, 2.24) is 4.90 Å². The number of carbonyl (C=O) groups is 1. The Morgan fingerprint density at radius 2 is 1.83 bits per heavy atom. The third-order valence-electron chi connectivity index (χ3n) is 1.96. The van der Waals surface area contributed by atoms with Crippen LogP contribution in [-0.4, -0.2) is 31.7 Å². The quantitative estimate of drug-likeness (QED) is 0.651. The van der Waals surface area contributed by atoms with Crippen LogP contribution in [0.1, 0.15) is 26.7 Å². The molecule has 0 saturated carbocycles. The lowest BCUT2D eigenvalue weighted by atomic mass is 10.1. The Morgan fingerprint density at radius 3 is 2.17 bits per heavy atom. The SMILES string of the molecule is CCC(CC)COC(=O)N(C)C. The van der Waals surface area contributed by atoms with Gasteiger partial charge in [-0.15, -0.1) is 0 Å². The molecule has 3 nitrogen and oxygen atoms in total. The maximum atomic E-state index is 11.0. The standard InChI is InChI=1S/C9H19NO2/c1-5-8(6-2)7-12-9(11)10(3)4/h8H,5-7H2,1-4H3. The number of amides is 1. The first kappa shape index (κ1) is 11.3. The predicted octanol–water partition coefficient (Wildman–Crippen LogP) is 2.12. The largest absolute Gasteiger partial charge is 0.449 e. The Hall–Kier alpha value is -0.730. The highest BCUT2D eigenvalue weighted by molar-refractivity contribution is 5.66. The van der Waals surface area contributed by atoms with Gasteiger partial charge in [0.2, 0.25) is 0 Å². The van der Waals surface area contributed by atoms with E-state index in [9.17, 15) is 4.79 Å². The summed E-state index contributed by atoms with van der Waals surface area (Å²) in [6.07, 6.45) is 1.89. The highest BCUT2D eigenvalue weighted by Crippen LogP contribution is 2.07. The Balaban J connectivity index is 3.59. The van der Waals surface area contributed by atoms with Crippen LogP contribution in [0.4, 0.5) is 4.79 Å². The maximum Gasteiger partial charge on any atom is 0.409 e. The monoisotopic (exact) mass is 173 g/mol.